The molecule has 3 aromatic rings. The van der Waals surface area contributed by atoms with E-state index >= 15 is 0 Å². The molecule has 0 aliphatic heterocycles. The van der Waals surface area contributed by atoms with E-state index in [0.29, 0.717) is 13.1 Å². The van der Waals surface area contributed by atoms with Crippen LogP contribution in [0.1, 0.15) is 72.5 Å². The second-order valence-corrected chi connectivity index (χ2v) is 13.8. The Hall–Kier alpha value is -3.16. The average Bonchev–Trinajstić information content (AvgIpc) is 2.90. The molecule has 0 fully saturated rings. The van der Waals surface area contributed by atoms with E-state index < -0.39 is 10.2 Å². The maximum absolute atomic E-state index is 9.98. The van der Waals surface area contributed by atoms with Crippen molar-refractivity contribution in [2.24, 2.45) is 10.8 Å². The van der Waals surface area contributed by atoms with Crippen molar-refractivity contribution in [2.45, 2.75) is 75.0 Å². The summed E-state index contributed by atoms with van der Waals surface area (Å²) in [6, 6.07) is 18.4. The molecule has 0 aromatic carbocycles. The van der Waals surface area contributed by atoms with Crippen molar-refractivity contribution in [3.63, 3.8) is 0 Å². The third kappa shape index (κ3) is 25.6. The fourth-order valence-electron chi connectivity index (χ4n) is 3.68. The van der Waals surface area contributed by atoms with Gasteiger partial charge in [-0.2, -0.15) is 0 Å². The Morgan fingerprint density at radius 1 is 0.745 bits per heavy atom. The third-order valence-corrected chi connectivity index (χ3v) is 5.50. The number of rotatable bonds is 11. The number of carbonyl (C=O) groups is 1. The first-order valence-corrected chi connectivity index (χ1v) is 15.9. The van der Waals surface area contributed by atoms with Crippen LogP contribution in [0, 0.1) is 21.1 Å². The van der Waals surface area contributed by atoms with E-state index in [1.54, 1.807) is 0 Å². The van der Waals surface area contributed by atoms with Crippen LogP contribution < -0.4 is 34.4 Å². The van der Waals surface area contributed by atoms with Gasteiger partial charge < -0.3 is 15.7 Å². The SMILES string of the molecule is CC(=O)/C=C(/C)[O-].CC(C)(C)CNc1cccc(CN(Cc2ccccn2)Cc2cccc(NCC(C)(C)C)n2)n1.[Ni+3].[O-][Cl+3]([O-])([O-])[O-]. The summed E-state index contributed by atoms with van der Waals surface area (Å²) in [5.74, 6) is 1.45. The van der Waals surface area contributed by atoms with Crippen LogP contribution in [0.2, 0.25) is 0 Å². The Balaban J connectivity index is 0.00000139. The van der Waals surface area contributed by atoms with Crippen molar-refractivity contribution in [3.05, 3.63) is 89.7 Å². The fraction of sp³-hybridized carbons (Fsp3) is 0.455. The Morgan fingerprint density at radius 3 is 1.47 bits per heavy atom. The predicted molar refractivity (Wildman–Crippen MR) is 166 cm³/mol. The van der Waals surface area contributed by atoms with Gasteiger partial charge in [0.2, 0.25) is 0 Å². The van der Waals surface area contributed by atoms with Crippen molar-refractivity contribution in [1.82, 2.24) is 19.9 Å². The number of nitrogens with zero attached hydrogens (tertiary/aromatic N) is 4. The van der Waals surface area contributed by atoms with E-state index in [9.17, 15) is 9.90 Å². The maximum atomic E-state index is 9.98. The molecule has 12 nitrogen and oxygen atoms in total. The molecule has 14 heteroatoms. The van der Waals surface area contributed by atoms with Gasteiger partial charge in [0, 0.05) is 38.9 Å². The van der Waals surface area contributed by atoms with Crippen LogP contribution in [0.25, 0.3) is 0 Å². The van der Waals surface area contributed by atoms with Crippen molar-refractivity contribution >= 4 is 17.4 Å². The molecule has 0 aliphatic rings. The average molecular weight is 718 g/mol. The van der Waals surface area contributed by atoms with E-state index in [-0.39, 0.29) is 38.9 Å². The van der Waals surface area contributed by atoms with Gasteiger partial charge in [0.15, 0.2) is 5.78 Å². The molecule has 3 rings (SSSR count). The first-order valence-electron chi connectivity index (χ1n) is 14.7. The topological polar surface area (TPSA) is 198 Å². The van der Waals surface area contributed by atoms with Gasteiger partial charge in [-0.05, 0) is 60.2 Å². The summed E-state index contributed by atoms with van der Waals surface area (Å²) in [6.07, 6.45) is 2.90. The smallest absolute Gasteiger partial charge is 0.876 e. The number of hydrogen-bond donors (Lipinski definition) is 2. The van der Waals surface area contributed by atoms with E-state index in [0.717, 1.165) is 54.4 Å². The Labute approximate surface area is 291 Å². The second-order valence-electron chi connectivity index (χ2n) is 13.1. The number of carbonyl (C=O) groups excluding carboxylic acids is 1. The number of nitrogens with one attached hydrogen (secondary N) is 2. The second kappa shape index (κ2) is 20.9. The summed E-state index contributed by atoms with van der Waals surface area (Å²) < 4.78 is 34.0. The van der Waals surface area contributed by atoms with Crippen LogP contribution >= 0.6 is 0 Å². The molecule has 0 spiro atoms. The minimum atomic E-state index is -4.94. The zero-order valence-corrected chi connectivity index (χ0v) is 30.1. The maximum Gasteiger partial charge on any atom is 3.00 e. The largest absolute Gasteiger partial charge is 3.00 e. The number of allylic oxidation sites excluding steroid dienone is 2. The summed E-state index contributed by atoms with van der Waals surface area (Å²) in [6.45, 7) is 19.9. The molecule has 0 saturated heterocycles. The number of hydrogen-bond acceptors (Lipinski definition) is 12. The molecule has 47 heavy (non-hydrogen) atoms. The van der Waals surface area contributed by atoms with E-state index in [2.05, 4.69) is 92.4 Å². The number of anilines is 2. The van der Waals surface area contributed by atoms with Crippen LogP contribution in [0.3, 0.4) is 0 Å². The molecule has 1 radical (unpaired) electrons. The molecule has 3 aromatic heterocycles. The first-order chi connectivity index (χ1) is 21.2. The molecule has 0 saturated carbocycles. The van der Waals surface area contributed by atoms with E-state index in [4.69, 9.17) is 28.6 Å². The summed E-state index contributed by atoms with van der Waals surface area (Å²) in [5.41, 5.74) is 3.47. The molecule has 0 atom stereocenters. The summed E-state index contributed by atoms with van der Waals surface area (Å²) in [7, 11) is -4.94. The van der Waals surface area contributed by atoms with E-state index in [1.165, 1.54) is 13.8 Å². The van der Waals surface area contributed by atoms with Crippen LogP contribution in [-0.2, 0) is 40.9 Å². The molecule has 0 aliphatic carbocycles. The Kier molecular flexibility index (Phi) is 19.5. The quantitative estimate of drug-likeness (QED) is 0.163. The molecule has 0 amide bonds. The van der Waals surface area contributed by atoms with Gasteiger partial charge in [0.05, 0.1) is 17.1 Å². The minimum absolute atomic E-state index is 0. The van der Waals surface area contributed by atoms with Crippen molar-refractivity contribution < 1.29 is 55.3 Å². The zero-order chi connectivity index (χ0) is 35.0. The van der Waals surface area contributed by atoms with Crippen LogP contribution in [0.4, 0.5) is 11.6 Å². The molecular weight excluding hydrogens is 671 g/mol. The molecule has 0 bridgehead atoms. The molecular formula is C33H47ClN6NiO6+. The molecule has 2 N–H and O–H groups in total. The Morgan fingerprint density at radius 2 is 1.15 bits per heavy atom. The molecule has 261 valence electrons. The minimum Gasteiger partial charge on any atom is -0.876 e. The molecule has 3 heterocycles. The van der Waals surface area contributed by atoms with Gasteiger partial charge in [-0.15, -0.1) is 16.0 Å². The van der Waals surface area contributed by atoms with Crippen molar-refractivity contribution in [2.75, 3.05) is 23.7 Å². The van der Waals surface area contributed by atoms with Gasteiger partial charge in [0.25, 0.3) is 0 Å². The van der Waals surface area contributed by atoms with Crippen LogP contribution in [-0.4, -0.2) is 38.7 Å². The van der Waals surface area contributed by atoms with Crippen LogP contribution in [0.15, 0.2) is 72.6 Å². The van der Waals surface area contributed by atoms with Crippen molar-refractivity contribution in [1.29, 1.82) is 0 Å². The number of pyridine rings is 3. The van der Waals surface area contributed by atoms with Crippen LogP contribution in [0.5, 0.6) is 0 Å². The number of ketones is 1. The predicted octanol–water partition coefficient (Wildman–Crippen LogP) is 1.07. The van der Waals surface area contributed by atoms with E-state index in [1.807, 2.05) is 30.5 Å². The summed E-state index contributed by atoms with van der Waals surface area (Å²) in [4.78, 5) is 26.6. The van der Waals surface area contributed by atoms with Gasteiger partial charge in [-0.1, -0.05) is 66.7 Å². The van der Waals surface area contributed by atoms with Gasteiger partial charge >= 0.3 is 16.5 Å². The summed E-state index contributed by atoms with van der Waals surface area (Å²) >= 11 is 0. The number of aromatic nitrogens is 3. The number of halogens is 1. The van der Waals surface area contributed by atoms with Gasteiger partial charge in [0.1, 0.15) is 11.6 Å². The monoisotopic (exact) mass is 716 g/mol. The van der Waals surface area contributed by atoms with Crippen molar-refractivity contribution in [3.8, 4) is 0 Å². The third-order valence-electron chi connectivity index (χ3n) is 5.50. The molecule has 0 unspecified atom stereocenters. The fourth-order valence-corrected chi connectivity index (χ4v) is 3.68. The van der Waals surface area contributed by atoms with Gasteiger partial charge in [-0.3, -0.25) is 14.7 Å². The normalized spacial score (nSPS) is 11.7. The standard InChI is InChI=1S/C28H40N6.C5H8O2.ClHO4.Ni/c1-27(2,3)20-30-25-14-9-12-23(32-25)18-34(17-22-11-7-8-16-29-22)19-24-13-10-15-26(33-24)31-21-28(4,5)6;1-4(6)3-5(2)7;2-1(3,4)5;/h7-16H,17-21H2,1-6H3,(H,30,32)(H,31,33);3,6H,1-2H3;(H,2,3,4,5);/q;;;+3/p-2/b;4-3-;;. The Bertz CT molecular complexity index is 1290. The zero-order valence-electron chi connectivity index (χ0n) is 28.3. The first kappa shape index (κ1) is 43.8. The van der Waals surface area contributed by atoms with Gasteiger partial charge in [-0.25, -0.2) is 28.6 Å². The summed E-state index contributed by atoms with van der Waals surface area (Å²) in [5, 5.41) is 16.9.